The van der Waals surface area contributed by atoms with Crippen molar-refractivity contribution >= 4 is 22.8 Å². The summed E-state index contributed by atoms with van der Waals surface area (Å²) in [7, 11) is 0. The summed E-state index contributed by atoms with van der Waals surface area (Å²) in [6.07, 6.45) is 11.0. The number of aromatic nitrogens is 1. The third kappa shape index (κ3) is 7.16. The van der Waals surface area contributed by atoms with Crippen LogP contribution >= 0.6 is 11.3 Å². The number of aryl methyl sites for hydroxylation is 2. The van der Waals surface area contributed by atoms with Gasteiger partial charge in [-0.15, -0.1) is 0 Å². The Labute approximate surface area is 200 Å². The lowest BCUT2D eigenvalue weighted by atomic mass is 9.96. The fourth-order valence-corrected chi connectivity index (χ4v) is 5.50. The van der Waals surface area contributed by atoms with E-state index in [2.05, 4.69) is 64.6 Å². The van der Waals surface area contributed by atoms with Crippen molar-refractivity contribution in [1.29, 1.82) is 0 Å². The zero-order valence-electron chi connectivity index (χ0n) is 21.2. The summed E-state index contributed by atoms with van der Waals surface area (Å²) in [6.45, 7) is 15.5. The van der Waals surface area contributed by atoms with Gasteiger partial charge in [-0.1, -0.05) is 95.8 Å². The first-order valence-corrected chi connectivity index (χ1v) is 13.6. The molecule has 0 spiro atoms. The van der Waals surface area contributed by atoms with E-state index < -0.39 is 0 Å². The highest BCUT2D eigenvalue weighted by atomic mass is 32.1. The maximum absolute atomic E-state index is 12.1. The number of aldehydes is 1. The molecule has 32 heavy (non-hydrogen) atoms. The van der Waals surface area contributed by atoms with Gasteiger partial charge in [-0.05, 0) is 49.7 Å². The lowest BCUT2D eigenvalue weighted by Crippen LogP contribution is -2.34. The standard InChI is InChI=1S/C28H44N2OS/c1-7-11-16-23(9-3)18-30(19-24(10-4)17-12-8-2)28-29-27(25(20-31)32-28)26-21(5)14-13-15-22(26)6/h13-15,20,23-24H,7-12,16-19H2,1-6H3. The molecule has 0 aliphatic carbocycles. The zero-order valence-corrected chi connectivity index (χ0v) is 22.1. The summed E-state index contributed by atoms with van der Waals surface area (Å²) in [5.74, 6) is 1.34. The highest BCUT2D eigenvalue weighted by Crippen LogP contribution is 2.36. The van der Waals surface area contributed by atoms with Crippen LogP contribution in [0.4, 0.5) is 5.13 Å². The van der Waals surface area contributed by atoms with Crippen LogP contribution in [0, 0.1) is 25.7 Å². The number of hydrogen-bond donors (Lipinski definition) is 0. The van der Waals surface area contributed by atoms with Crippen LogP contribution in [0.5, 0.6) is 0 Å². The smallest absolute Gasteiger partial charge is 0.186 e. The van der Waals surface area contributed by atoms with Gasteiger partial charge in [0.25, 0.3) is 0 Å². The van der Waals surface area contributed by atoms with E-state index in [0.717, 1.165) is 40.6 Å². The van der Waals surface area contributed by atoms with E-state index in [1.807, 2.05) is 0 Å². The average molecular weight is 457 g/mol. The molecule has 2 atom stereocenters. The van der Waals surface area contributed by atoms with Crippen molar-refractivity contribution < 1.29 is 4.79 Å². The van der Waals surface area contributed by atoms with Crippen LogP contribution < -0.4 is 4.90 Å². The number of rotatable bonds is 15. The number of thiazole rings is 1. The second-order valence-corrected chi connectivity index (χ2v) is 10.3. The number of carbonyl (C=O) groups is 1. The molecular formula is C28H44N2OS. The first-order valence-electron chi connectivity index (χ1n) is 12.8. The molecule has 2 unspecified atom stereocenters. The Morgan fingerprint density at radius 3 is 1.91 bits per heavy atom. The van der Waals surface area contributed by atoms with Crippen LogP contribution in [-0.4, -0.2) is 24.4 Å². The highest BCUT2D eigenvalue weighted by molar-refractivity contribution is 7.17. The largest absolute Gasteiger partial charge is 0.348 e. The minimum Gasteiger partial charge on any atom is -0.348 e. The molecule has 0 amide bonds. The van der Waals surface area contributed by atoms with Crippen LogP contribution in [0.15, 0.2) is 18.2 Å². The number of hydrogen-bond acceptors (Lipinski definition) is 4. The Morgan fingerprint density at radius 2 is 1.47 bits per heavy atom. The Kier molecular flexibility index (Phi) is 11.4. The molecule has 4 heteroatoms. The van der Waals surface area contributed by atoms with Gasteiger partial charge in [0.1, 0.15) is 0 Å². The minimum atomic E-state index is 0.672. The second kappa shape index (κ2) is 13.8. The summed E-state index contributed by atoms with van der Waals surface area (Å²) in [6, 6.07) is 6.31. The lowest BCUT2D eigenvalue weighted by Gasteiger charge is -2.30. The van der Waals surface area contributed by atoms with Crippen molar-refractivity contribution in [2.75, 3.05) is 18.0 Å². The minimum absolute atomic E-state index is 0.672. The molecular weight excluding hydrogens is 412 g/mol. The van der Waals surface area contributed by atoms with Crippen molar-refractivity contribution in [3.8, 4) is 11.3 Å². The molecule has 2 aromatic rings. The molecule has 0 aliphatic heterocycles. The normalized spacial score (nSPS) is 13.2. The number of nitrogens with zero attached hydrogens (tertiary/aromatic N) is 2. The molecule has 0 fully saturated rings. The molecule has 0 radical (unpaired) electrons. The van der Waals surface area contributed by atoms with Gasteiger partial charge in [0.2, 0.25) is 0 Å². The van der Waals surface area contributed by atoms with Gasteiger partial charge < -0.3 is 4.90 Å². The highest BCUT2D eigenvalue weighted by Gasteiger charge is 2.23. The molecule has 0 saturated heterocycles. The van der Waals surface area contributed by atoms with E-state index >= 15 is 0 Å². The fraction of sp³-hybridized carbons (Fsp3) is 0.643. The Bertz CT molecular complexity index is 791. The zero-order chi connectivity index (χ0) is 23.5. The van der Waals surface area contributed by atoms with Gasteiger partial charge in [-0.25, -0.2) is 4.98 Å². The Hall–Kier alpha value is -1.68. The van der Waals surface area contributed by atoms with Gasteiger partial charge in [-0.2, -0.15) is 0 Å². The summed E-state index contributed by atoms with van der Waals surface area (Å²) >= 11 is 1.58. The molecule has 0 saturated carbocycles. The van der Waals surface area contributed by atoms with Gasteiger partial charge in [0.15, 0.2) is 11.4 Å². The van der Waals surface area contributed by atoms with Gasteiger partial charge in [-0.3, -0.25) is 4.79 Å². The average Bonchev–Trinajstić information content (AvgIpc) is 3.21. The maximum atomic E-state index is 12.1. The molecule has 1 aromatic heterocycles. The third-order valence-electron chi connectivity index (χ3n) is 6.78. The van der Waals surface area contributed by atoms with Crippen LogP contribution in [-0.2, 0) is 0 Å². The number of benzene rings is 1. The number of carbonyl (C=O) groups excluding carboxylic acids is 1. The first-order chi connectivity index (χ1) is 15.5. The molecule has 2 rings (SSSR count). The van der Waals surface area contributed by atoms with Crippen LogP contribution in [0.3, 0.4) is 0 Å². The predicted molar refractivity (Wildman–Crippen MR) is 141 cm³/mol. The quantitative estimate of drug-likeness (QED) is 0.252. The fourth-order valence-electron chi connectivity index (χ4n) is 4.59. The van der Waals surface area contributed by atoms with E-state index in [1.54, 1.807) is 11.3 Å². The maximum Gasteiger partial charge on any atom is 0.186 e. The van der Waals surface area contributed by atoms with Gasteiger partial charge >= 0.3 is 0 Å². The van der Waals surface area contributed by atoms with Crippen molar-refractivity contribution in [3.63, 3.8) is 0 Å². The molecule has 178 valence electrons. The number of unbranched alkanes of at least 4 members (excludes halogenated alkanes) is 2. The molecule has 1 heterocycles. The molecule has 1 aromatic carbocycles. The number of anilines is 1. The summed E-state index contributed by atoms with van der Waals surface area (Å²) < 4.78 is 0. The monoisotopic (exact) mass is 456 g/mol. The molecule has 0 aliphatic rings. The van der Waals surface area contributed by atoms with Crippen molar-refractivity contribution in [1.82, 2.24) is 4.98 Å². The van der Waals surface area contributed by atoms with E-state index in [0.29, 0.717) is 11.8 Å². The summed E-state index contributed by atoms with van der Waals surface area (Å²) in [5.41, 5.74) is 4.34. The molecule has 0 bridgehead atoms. The van der Waals surface area contributed by atoms with Crippen molar-refractivity contribution in [3.05, 3.63) is 34.2 Å². The van der Waals surface area contributed by atoms with Gasteiger partial charge in [0.05, 0.1) is 10.6 Å². The summed E-state index contributed by atoms with van der Waals surface area (Å²) in [4.78, 5) is 20.4. The van der Waals surface area contributed by atoms with Gasteiger partial charge in [0, 0.05) is 18.7 Å². The molecule has 0 N–H and O–H groups in total. The molecule has 3 nitrogen and oxygen atoms in total. The van der Waals surface area contributed by atoms with E-state index in [9.17, 15) is 4.79 Å². The van der Waals surface area contributed by atoms with E-state index in [1.165, 1.54) is 62.5 Å². The second-order valence-electron chi connectivity index (χ2n) is 9.33. The van der Waals surface area contributed by atoms with Crippen LogP contribution in [0.2, 0.25) is 0 Å². The van der Waals surface area contributed by atoms with E-state index in [4.69, 9.17) is 4.98 Å². The Balaban J connectivity index is 2.43. The first kappa shape index (κ1) is 26.6. The van der Waals surface area contributed by atoms with Crippen molar-refractivity contribution in [2.24, 2.45) is 11.8 Å². The SMILES string of the molecule is CCCCC(CC)CN(CC(CC)CCCC)c1nc(-c2c(C)cccc2C)c(C=O)s1. The lowest BCUT2D eigenvalue weighted by molar-refractivity contribution is 0.112. The summed E-state index contributed by atoms with van der Waals surface area (Å²) in [5, 5.41) is 1.02. The van der Waals surface area contributed by atoms with E-state index in [-0.39, 0.29) is 0 Å². The van der Waals surface area contributed by atoms with Crippen LogP contribution in [0.25, 0.3) is 11.3 Å². The third-order valence-corrected chi connectivity index (χ3v) is 7.82. The van der Waals surface area contributed by atoms with Crippen molar-refractivity contribution in [2.45, 2.75) is 92.9 Å². The van der Waals surface area contributed by atoms with Crippen LogP contribution in [0.1, 0.15) is 99.9 Å². The topological polar surface area (TPSA) is 33.2 Å². The predicted octanol–water partition coefficient (Wildman–Crippen LogP) is 8.48. The Morgan fingerprint density at radius 1 is 0.938 bits per heavy atom.